The molecule has 3 N–H and O–H groups in total. The Bertz CT molecular complexity index is 746. The van der Waals surface area contributed by atoms with Gasteiger partial charge >= 0.3 is 0 Å². The molecule has 0 bridgehead atoms. The minimum atomic E-state index is 0.639. The predicted molar refractivity (Wildman–Crippen MR) is 120 cm³/mol. The fourth-order valence-corrected chi connectivity index (χ4v) is 3.80. The van der Waals surface area contributed by atoms with Gasteiger partial charge in [-0.25, -0.2) is 0 Å². The Morgan fingerprint density at radius 3 is 2.48 bits per heavy atom. The van der Waals surface area contributed by atoms with Gasteiger partial charge in [-0.05, 0) is 54.7 Å². The number of halogens is 2. The van der Waals surface area contributed by atoms with Gasteiger partial charge in [-0.3, -0.25) is 0 Å². The third kappa shape index (κ3) is 6.54. The van der Waals surface area contributed by atoms with Crippen LogP contribution >= 0.6 is 35.4 Å². The van der Waals surface area contributed by atoms with Gasteiger partial charge in [-0.1, -0.05) is 29.3 Å². The van der Waals surface area contributed by atoms with Crippen LogP contribution in [0.1, 0.15) is 6.42 Å². The van der Waals surface area contributed by atoms with E-state index in [0.717, 1.165) is 56.4 Å². The number of nitrogens with one attached hydrogen (secondary N) is 3. The highest BCUT2D eigenvalue weighted by atomic mass is 35.5. The lowest BCUT2D eigenvalue weighted by Gasteiger charge is -2.33. The van der Waals surface area contributed by atoms with Gasteiger partial charge in [0.1, 0.15) is 0 Å². The highest BCUT2D eigenvalue weighted by molar-refractivity contribution is 7.80. The molecule has 3 rings (SSSR count). The van der Waals surface area contributed by atoms with Gasteiger partial charge in [0.05, 0.1) is 32.7 Å². The van der Waals surface area contributed by atoms with Crippen LogP contribution in [0.5, 0.6) is 0 Å². The summed E-state index contributed by atoms with van der Waals surface area (Å²) in [5.41, 5.74) is 2.17. The van der Waals surface area contributed by atoms with Crippen molar-refractivity contribution in [1.82, 2.24) is 5.32 Å². The third-order valence-electron chi connectivity index (χ3n) is 4.74. The number of thiocarbonyl (C=S) groups is 1. The van der Waals surface area contributed by atoms with E-state index in [4.69, 9.17) is 35.4 Å². The smallest absolute Gasteiger partial charge is 0.170 e. The van der Waals surface area contributed by atoms with E-state index in [1.54, 1.807) is 4.90 Å². The van der Waals surface area contributed by atoms with Crippen molar-refractivity contribution in [3.05, 3.63) is 58.6 Å². The molecule has 1 aliphatic rings. The van der Waals surface area contributed by atoms with Crippen molar-refractivity contribution in [2.75, 3.05) is 49.5 Å². The fourth-order valence-electron chi connectivity index (χ4n) is 3.26. The number of benzene rings is 2. The zero-order valence-corrected chi connectivity index (χ0v) is 17.5. The van der Waals surface area contributed by atoms with Crippen molar-refractivity contribution >= 4 is 51.9 Å². The number of rotatable bonds is 6. The van der Waals surface area contributed by atoms with Crippen LogP contribution in [0.4, 0.5) is 11.4 Å². The first-order chi connectivity index (χ1) is 13.1. The molecule has 0 saturated carbocycles. The Morgan fingerprint density at radius 1 is 1.04 bits per heavy atom. The summed E-state index contributed by atoms with van der Waals surface area (Å²) < 4.78 is 0. The standard InChI is InChI=1S/C20H24Cl2N4S/c21-16-5-7-19(8-6-16)26-13-11-25(12-14-26)10-2-9-23-20(27)24-18-4-1-3-17(22)15-18/h1,3-8,15H,2,9-14H2,(H2,23,24,27)/p+1. The second-order valence-electron chi connectivity index (χ2n) is 6.71. The molecular weight excluding hydrogens is 399 g/mol. The number of anilines is 2. The minimum Gasteiger partial charge on any atom is -0.362 e. The van der Waals surface area contributed by atoms with E-state index in [1.807, 2.05) is 36.4 Å². The molecule has 0 unspecified atom stereocenters. The van der Waals surface area contributed by atoms with Gasteiger partial charge in [0.2, 0.25) is 0 Å². The third-order valence-corrected chi connectivity index (χ3v) is 5.47. The van der Waals surface area contributed by atoms with Crippen LogP contribution in [-0.4, -0.2) is 44.4 Å². The highest BCUT2D eigenvalue weighted by Crippen LogP contribution is 2.17. The first kappa shape index (κ1) is 20.2. The molecular formula is C20H25Cl2N4S+. The van der Waals surface area contributed by atoms with Gasteiger partial charge < -0.3 is 20.4 Å². The SMILES string of the molecule is S=C(NCCC[NH+]1CCN(c2ccc(Cl)cc2)CC1)Nc1cccc(Cl)c1. The normalized spacial score (nSPS) is 14.8. The van der Waals surface area contributed by atoms with Gasteiger partial charge in [0, 0.05) is 34.4 Å². The molecule has 1 fully saturated rings. The summed E-state index contributed by atoms with van der Waals surface area (Å²) in [6.07, 6.45) is 1.09. The zero-order chi connectivity index (χ0) is 19.1. The summed E-state index contributed by atoms with van der Waals surface area (Å²) in [5, 5.41) is 8.56. The molecule has 0 spiro atoms. The maximum atomic E-state index is 5.98. The van der Waals surface area contributed by atoms with Gasteiger partial charge in [-0.15, -0.1) is 0 Å². The van der Waals surface area contributed by atoms with E-state index < -0.39 is 0 Å². The lowest BCUT2D eigenvalue weighted by Crippen LogP contribution is -3.15. The van der Waals surface area contributed by atoms with Crippen LogP contribution in [0, 0.1) is 0 Å². The van der Waals surface area contributed by atoms with Crippen molar-refractivity contribution < 1.29 is 4.90 Å². The summed E-state index contributed by atoms with van der Waals surface area (Å²) in [5.74, 6) is 0. The summed E-state index contributed by atoms with van der Waals surface area (Å²) in [6, 6.07) is 15.7. The first-order valence-electron chi connectivity index (χ1n) is 9.25. The predicted octanol–water partition coefficient (Wildman–Crippen LogP) is 3.08. The number of piperazine rings is 1. The molecule has 1 heterocycles. The molecule has 1 saturated heterocycles. The molecule has 0 aliphatic carbocycles. The second kappa shape index (κ2) is 10.1. The van der Waals surface area contributed by atoms with Crippen LogP contribution in [0.2, 0.25) is 10.0 Å². The largest absolute Gasteiger partial charge is 0.362 e. The minimum absolute atomic E-state index is 0.639. The lowest BCUT2D eigenvalue weighted by atomic mass is 10.2. The van der Waals surface area contributed by atoms with Crippen LogP contribution in [-0.2, 0) is 0 Å². The molecule has 27 heavy (non-hydrogen) atoms. The molecule has 7 heteroatoms. The molecule has 144 valence electrons. The molecule has 0 atom stereocenters. The van der Waals surface area contributed by atoms with Crippen LogP contribution in [0.25, 0.3) is 0 Å². The Hall–Kier alpha value is -1.53. The Morgan fingerprint density at radius 2 is 1.78 bits per heavy atom. The van der Waals surface area contributed by atoms with Crippen molar-refractivity contribution in [1.29, 1.82) is 0 Å². The quantitative estimate of drug-likeness (QED) is 0.492. The van der Waals surface area contributed by atoms with Crippen LogP contribution in [0.15, 0.2) is 48.5 Å². The maximum Gasteiger partial charge on any atom is 0.170 e. The average molecular weight is 424 g/mol. The van der Waals surface area contributed by atoms with Gasteiger partial charge in [0.15, 0.2) is 5.11 Å². The molecule has 1 aliphatic heterocycles. The second-order valence-corrected chi connectivity index (χ2v) is 7.99. The molecule has 2 aromatic rings. The van der Waals surface area contributed by atoms with Crippen molar-refractivity contribution in [3.8, 4) is 0 Å². The average Bonchev–Trinajstić information content (AvgIpc) is 2.66. The van der Waals surface area contributed by atoms with Crippen LogP contribution in [0.3, 0.4) is 0 Å². The van der Waals surface area contributed by atoms with Crippen LogP contribution < -0.4 is 20.4 Å². The number of quaternary nitrogens is 1. The summed E-state index contributed by atoms with van der Waals surface area (Å²) in [6.45, 7) is 6.51. The molecule has 0 aromatic heterocycles. The molecule has 4 nitrogen and oxygen atoms in total. The lowest BCUT2D eigenvalue weighted by molar-refractivity contribution is -0.900. The van der Waals surface area contributed by atoms with Crippen molar-refractivity contribution in [2.45, 2.75) is 6.42 Å². The van der Waals surface area contributed by atoms with Crippen molar-refractivity contribution in [2.24, 2.45) is 0 Å². The monoisotopic (exact) mass is 423 g/mol. The van der Waals surface area contributed by atoms with E-state index >= 15 is 0 Å². The topological polar surface area (TPSA) is 31.7 Å². The first-order valence-corrected chi connectivity index (χ1v) is 10.4. The van der Waals surface area contributed by atoms with E-state index in [1.165, 1.54) is 5.69 Å². The van der Waals surface area contributed by atoms with Gasteiger partial charge in [-0.2, -0.15) is 0 Å². The Labute approximate surface area is 176 Å². The van der Waals surface area contributed by atoms with Gasteiger partial charge in [0.25, 0.3) is 0 Å². The van der Waals surface area contributed by atoms with E-state index in [-0.39, 0.29) is 0 Å². The highest BCUT2D eigenvalue weighted by Gasteiger charge is 2.19. The number of hydrogen-bond donors (Lipinski definition) is 3. The molecule has 0 radical (unpaired) electrons. The van der Waals surface area contributed by atoms with Crippen molar-refractivity contribution in [3.63, 3.8) is 0 Å². The molecule has 2 aromatic carbocycles. The molecule has 0 amide bonds. The number of hydrogen-bond acceptors (Lipinski definition) is 2. The number of nitrogens with zero attached hydrogens (tertiary/aromatic N) is 1. The van der Waals surface area contributed by atoms with E-state index in [2.05, 4.69) is 27.7 Å². The zero-order valence-electron chi connectivity index (χ0n) is 15.2. The Balaban J connectivity index is 1.31. The van der Waals surface area contributed by atoms with E-state index in [0.29, 0.717) is 10.1 Å². The summed E-state index contributed by atoms with van der Waals surface area (Å²) in [4.78, 5) is 4.08. The Kier molecular flexibility index (Phi) is 7.59. The summed E-state index contributed by atoms with van der Waals surface area (Å²) >= 11 is 17.3. The summed E-state index contributed by atoms with van der Waals surface area (Å²) in [7, 11) is 0. The van der Waals surface area contributed by atoms with E-state index in [9.17, 15) is 0 Å². The fraction of sp³-hybridized carbons (Fsp3) is 0.350. The maximum absolute atomic E-state index is 5.98.